The average molecular weight is 292 g/mol. The van der Waals surface area contributed by atoms with E-state index in [9.17, 15) is 9.18 Å². The van der Waals surface area contributed by atoms with Gasteiger partial charge in [-0.15, -0.1) is 0 Å². The molecule has 0 fully saturated rings. The number of anilines is 2. The molecule has 0 amide bonds. The Kier molecular flexibility index (Phi) is 3.82. The normalized spacial score (nSPS) is 9.85. The first kappa shape index (κ1) is 13.8. The molecule has 0 bridgehead atoms. The number of nitrogens with one attached hydrogen (secondary N) is 1. The summed E-state index contributed by atoms with van der Waals surface area (Å²) in [5.41, 5.74) is 0.330. The molecule has 20 heavy (non-hydrogen) atoms. The van der Waals surface area contributed by atoms with Gasteiger partial charge in [-0.1, -0.05) is 11.6 Å². The molecule has 0 saturated carbocycles. The van der Waals surface area contributed by atoms with Crippen molar-refractivity contribution in [2.75, 3.05) is 5.32 Å². The Morgan fingerprint density at radius 3 is 2.80 bits per heavy atom. The van der Waals surface area contributed by atoms with E-state index in [1.54, 1.807) is 0 Å². The molecule has 1 aromatic carbocycles. The third kappa shape index (κ3) is 3.02. The van der Waals surface area contributed by atoms with Crippen molar-refractivity contribution >= 4 is 29.1 Å². The first-order chi connectivity index (χ1) is 9.49. The fourth-order valence-corrected chi connectivity index (χ4v) is 1.75. The number of carboxylic acids is 1. The van der Waals surface area contributed by atoms with E-state index in [-0.39, 0.29) is 22.1 Å². The molecule has 100 valence electrons. The fourth-order valence-electron chi connectivity index (χ4n) is 1.54. The summed E-state index contributed by atoms with van der Waals surface area (Å²) >= 11 is 5.72. The lowest BCUT2D eigenvalue weighted by atomic mass is 10.2. The lowest BCUT2D eigenvalue weighted by Crippen LogP contribution is -2.02. The highest BCUT2D eigenvalue weighted by atomic mass is 35.5. The molecule has 1 heterocycles. The van der Waals surface area contributed by atoms with Crippen LogP contribution in [0.3, 0.4) is 0 Å². The smallest absolute Gasteiger partial charge is 0.335 e. The van der Waals surface area contributed by atoms with E-state index in [1.165, 1.54) is 24.3 Å². The molecule has 2 aromatic rings. The fraction of sp³-hybridized carbons (Fsp3) is 0. The third-order valence-corrected chi connectivity index (χ3v) is 2.60. The minimum absolute atomic E-state index is 0.00646. The summed E-state index contributed by atoms with van der Waals surface area (Å²) in [6.45, 7) is 0. The number of pyridine rings is 1. The van der Waals surface area contributed by atoms with E-state index >= 15 is 0 Å². The molecule has 0 aliphatic carbocycles. The molecule has 2 N–H and O–H groups in total. The van der Waals surface area contributed by atoms with Crippen LogP contribution >= 0.6 is 11.6 Å². The minimum atomic E-state index is -1.16. The highest BCUT2D eigenvalue weighted by molar-refractivity contribution is 6.29. The van der Waals surface area contributed by atoms with E-state index in [0.29, 0.717) is 5.69 Å². The summed E-state index contributed by atoms with van der Waals surface area (Å²) in [7, 11) is 0. The number of carboxylic acid groups (broad SMARTS) is 1. The second-order valence-corrected chi connectivity index (χ2v) is 4.18. The van der Waals surface area contributed by atoms with Crippen LogP contribution in [-0.2, 0) is 0 Å². The average Bonchev–Trinajstić information content (AvgIpc) is 2.40. The number of benzene rings is 1. The summed E-state index contributed by atoms with van der Waals surface area (Å²) in [4.78, 5) is 14.8. The van der Waals surface area contributed by atoms with Crippen LogP contribution in [0.2, 0.25) is 5.15 Å². The van der Waals surface area contributed by atoms with Gasteiger partial charge < -0.3 is 10.4 Å². The van der Waals surface area contributed by atoms with E-state index in [2.05, 4.69) is 10.3 Å². The molecule has 0 atom stereocenters. The van der Waals surface area contributed by atoms with Gasteiger partial charge in [0.25, 0.3) is 0 Å². The number of aromatic nitrogens is 1. The van der Waals surface area contributed by atoms with Gasteiger partial charge in [-0.05, 0) is 30.3 Å². The maximum atomic E-state index is 13.0. The Bertz CT molecular complexity index is 728. The molecule has 1 aromatic heterocycles. The van der Waals surface area contributed by atoms with Gasteiger partial charge in [0, 0.05) is 0 Å². The maximum absolute atomic E-state index is 13.0. The summed E-state index contributed by atoms with van der Waals surface area (Å²) < 4.78 is 13.0. The number of nitriles is 1. The van der Waals surface area contributed by atoms with Crippen LogP contribution in [0.5, 0.6) is 0 Å². The predicted molar refractivity (Wildman–Crippen MR) is 70.6 cm³/mol. The van der Waals surface area contributed by atoms with Gasteiger partial charge in [0.05, 0.1) is 16.8 Å². The SMILES string of the molecule is N#Cc1cc(F)ccc1Nc1cc(C(=O)O)cc(Cl)n1. The Hall–Kier alpha value is -2.65. The molecule has 0 saturated heterocycles. The number of carbonyl (C=O) groups is 1. The Morgan fingerprint density at radius 2 is 2.15 bits per heavy atom. The third-order valence-electron chi connectivity index (χ3n) is 2.41. The standard InChI is InChI=1S/C13H7ClFN3O2/c14-11-4-7(13(19)20)5-12(18-11)17-10-2-1-9(15)3-8(10)6-16/h1-5H,(H,17,18)(H,19,20). The number of aromatic carboxylic acids is 1. The van der Waals surface area contributed by atoms with Gasteiger partial charge in [0.2, 0.25) is 0 Å². The van der Waals surface area contributed by atoms with Gasteiger partial charge in [-0.3, -0.25) is 0 Å². The lowest BCUT2D eigenvalue weighted by Gasteiger charge is -2.08. The van der Waals surface area contributed by atoms with Gasteiger partial charge in [0.15, 0.2) is 0 Å². The Balaban J connectivity index is 2.40. The van der Waals surface area contributed by atoms with Crippen molar-refractivity contribution in [3.05, 3.63) is 52.4 Å². The van der Waals surface area contributed by atoms with Gasteiger partial charge in [-0.25, -0.2) is 14.2 Å². The first-order valence-corrected chi connectivity index (χ1v) is 5.75. The molecule has 5 nitrogen and oxygen atoms in total. The van der Waals surface area contributed by atoms with Crippen LogP contribution < -0.4 is 5.32 Å². The molecule has 7 heteroatoms. The van der Waals surface area contributed by atoms with Crippen molar-refractivity contribution in [3.63, 3.8) is 0 Å². The molecule has 0 unspecified atom stereocenters. The maximum Gasteiger partial charge on any atom is 0.335 e. The Labute approximate surface area is 118 Å². The predicted octanol–water partition coefficient (Wildman–Crippen LogP) is 3.19. The number of hydrogen-bond acceptors (Lipinski definition) is 4. The lowest BCUT2D eigenvalue weighted by molar-refractivity contribution is 0.0697. The highest BCUT2D eigenvalue weighted by Gasteiger charge is 2.10. The van der Waals surface area contributed by atoms with E-state index < -0.39 is 11.8 Å². The molecule has 0 aliphatic heterocycles. The van der Waals surface area contributed by atoms with E-state index in [0.717, 1.165) is 6.07 Å². The minimum Gasteiger partial charge on any atom is -0.478 e. The largest absolute Gasteiger partial charge is 0.478 e. The van der Waals surface area contributed by atoms with Gasteiger partial charge in [0.1, 0.15) is 22.9 Å². The molecule has 2 rings (SSSR count). The summed E-state index contributed by atoms with van der Waals surface area (Å²) in [5, 5.41) is 20.6. The molecule has 0 aliphatic rings. The highest BCUT2D eigenvalue weighted by Crippen LogP contribution is 2.22. The van der Waals surface area contributed by atoms with Crippen LogP contribution in [0.4, 0.5) is 15.9 Å². The van der Waals surface area contributed by atoms with Crippen LogP contribution in [-0.4, -0.2) is 16.1 Å². The van der Waals surface area contributed by atoms with Crippen molar-refractivity contribution in [1.82, 2.24) is 4.98 Å². The number of halogens is 2. The number of nitrogens with zero attached hydrogens (tertiary/aromatic N) is 2. The zero-order valence-corrected chi connectivity index (χ0v) is 10.6. The van der Waals surface area contributed by atoms with Crippen LogP contribution in [0.1, 0.15) is 15.9 Å². The summed E-state index contributed by atoms with van der Waals surface area (Å²) in [5.74, 6) is -1.55. The first-order valence-electron chi connectivity index (χ1n) is 5.37. The van der Waals surface area contributed by atoms with Gasteiger partial charge >= 0.3 is 5.97 Å². The van der Waals surface area contributed by atoms with Crippen LogP contribution in [0, 0.1) is 17.1 Å². The zero-order chi connectivity index (χ0) is 14.7. The van der Waals surface area contributed by atoms with Crippen molar-refractivity contribution in [2.24, 2.45) is 0 Å². The molecule has 0 radical (unpaired) electrons. The van der Waals surface area contributed by atoms with Crippen LogP contribution in [0.15, 0.2) is 30.3 Å². The quantitative estimate of drug-likeness (QED) is 0.848. The topological polar surface area (TPSA) is 86.0 Å². The zero-order valence-electron chi connectivity index (χ0n) is 9.89. The number of hydrogen-bond donors (Lipinski definition) is 2. The summed E-state index contributed by atoms with van der Waals surface area (Å²) in [6, 6.07) is 7.88. The number of rotatable bonds is 3. The van der Waals surface area contributed by atoms with Crippen molar-refractivity contribution in [3.8, 4) is 6.07 Å². The van der Waals surface area contributed by atoms with Crippen molar-refractivity contribution in [1.29, 1.82) is 5.26 Å². The van der Waals surface area contributed by atoms with Gasteiger partial charge in [-0.2, -0.15) is 5.26 Å². The molecule has 0 spiro atoms. The molecular formula is C13H7ClFN3O2. The van der Waals surface area contributed by atoms with Crippen molar-refractivity contribution < 1.29 is 14.3 Å². The van der Waals surface area contributed by atoms with E-state index in [1.807, 2.05) is 6.07 Å². The monoisotopic (exact) mass is 291 g/mol. The second-order valence-electron chi connectivity index (χ2n) is 3.80. The second kappa shape index (κ2) is 5.55. The van der Waals surface area contributed by atoms with Crippen molar-refractivity contribution in [2.45, 2.75) is 0 Å². The Morgan fingerprint density at radius 1 is 1.40 bits per heavy atom. The van der Waals surface area contributed by atoms with Crippen LogP contribution in [0.25, 0.3) is 0 Å². The molecular weight excluding hydrogens is 285 g/mol. The van der Waals surface area contributed by atoms with E-state index in [4.69, 9.17) is 22.0 Å². The summed E-state index contributed by atoms with van der Waals surface area (Å²) in [6.07, 6.45) is 0.